The monoisotopic (exact) mass is 1490 g/mol. The fourth-order valence-corrected chi connectivity index (χ4v) is 14.8. The second kappa shape index (κ2) is 66.4. The van der Waals surface area contributed by atoms with E-state index in [2.05, 4.69) is 67.8 Å². The van der Waals surface area contributed by atoms with Gasteiger partial charge in [0.15, 0.2) is 18.9 Å². The molecule has 3 fully saturated rings. The van der Waals surface area contributed by atoms with Gasteiger partial charge in [0.05, 0.1) is 38.6 Å². The Morgan fingerprint density at radius 1 is 0.352 bits per heavy atom. The van der Waals surface area contributed by atoms with Crippen molar-refractivity contribution in [1.29, 1.82) is 0 Å². The van der Waals surface area contributed by atoms with Gasteiger partial charge in [0.2, 0.25) is 5.91 Å². The van der Waals surface area contributed by atoms with E-state index in [-0.39, 0.29) is 18.9 Å². The maximum atomic E-state index is 13.5. The van der Waals surface area contributed by atoms with E-state index in [1.54, 1.807) is 0 Å². The number of allylic oxidation sites excluding steroid dienone is 8. The molecule has 1 amide bonds. The summed E-state index contributed by atoms with van der Waals surface area (Å²) in [5.41, 5.74) is 0. The molecule has 105 heavy (non-hydrogen) atoms. The van der Waals surface area contributed by atoms with Crippen LogP contribution in [0.25, 0.3) is 0 Å². The molecule has 616 valence electrons. The molecule has 19 heteroatoms. The van der Waals surface area contributed by atoms with Gasteiger partial charge in [0.1, 0.15) is 73.2 Å². The molecule has 0 saturated carbocycles. The maximum absolute atomic E-state index is 13.5. The molecular formula is C86H159NO18. The lowest BCUT2D eigenvalue weighted by Gasteiger charge is -2.48. The van der Waals surface area contributed by atoms with E-state index in [0.29, 0.717) is 12.8 Å². The number of unbranched alkanes of at least 4 members (excludes halogenated alkanes) is 46. The molecule has 3 saturated heterocycles. The minimum Gasteiger partial charge on any atom is -0.394 e. The highest BCUT2D eigenvalue weighted by atomic mass is 16.8. The Balaban J connectivity index is 1.34. The second-order valence-electron chi connectivity index (χ2n) is 31.0. The molecule has 0 radical (unpaired) electrons. The summed E-state index contributed by atoms with van der Waals surface area (Å²) in [6, 6.07) is -0.890. The number of aliphatic hydroxyl groups excluding tert-OH is 11. The average molecular weight is 1500 g/mol. The molecule has 0 aromatic rings. The fraction of sp³-hybridized carbons (Fsp3) is 0.895. The zero-order valence-electron chi connectivity index (χ0n) is 66.2. The number of hydrogen-bond acceptors (Lipinski definition) is 18. The van der Waals surface area contributed by atoms with Crippen LogP contribution in [0.2, 0.25) is 0 Å². The van der Waals surface area contributed by atoms with Crippen LogP contribution in [0.3, 0.4) is 0 Å². The number of nitrogens with one attached hydrogen (secondary N) is 1. The zero-order chi connectivity index (χ0) is 76.0. The smallest absolute Gasteiger partial charge is 0.220 e. The Kier molecular flexibility index (Phi) is 61.3. The predicted molar refractivity (Wildman–Crippen MR) is 420 cm³/mol. The summed E-state index contributed by atoms with van der Waals surface area (Å²) in [4.78, 5) is 13.5. The number of ether oxygens (including phenoxy) is 6. The molecule has 17 atom stereocenters. The van der Waals surface area contributed by atoms with Crippen LogP contribution in [0, 0.1) is 0 Å². The molecule has 3 aliphatic rings. The Morgan fingerprint density at radius 2 is 0.657 bits per heavy atom. The second-order valence-corrected chi connectivity index (χ2v) is 31.0. The first-order valence-electron chi connectivity index (χ1n) is 43.4. The molecule has 3 heterocycles. The third kappa shape index (κ3) is 45.8. The Bertz CT molecular complexity index is 2080. The molecule has 17 unspecified atom stereocenters. The third-order valence-corrected chi connectivity index (χ3v) is 21.7. The van der Waals surface area contributed by atoms with Crippen molar-refractivity contribution >= 4 is 5.91 Å². The van der Waals surface area contributed by atoms with Gasteiger partial charge in [-0.05, 0) is 51.4 Å². The molecule has 3 aliphatic heterocycles. The molecule has 0 aliphatic carbocycles. The van der Waals surface area contributed by atoms with Crippen LogP contribution in [-0.2, 0) is 33.2 Å². The van der Waals surface area contributed by atoms with Gasteiger partial charge in [-0.15, -0.1) is 0 Å². The predicted octanol–water partition coefficient (Wildman–Crippen LogP) is 15.6. The van der Waals surface area contributed by atoms with Gasteiger partial charge in [0, 0.05) is 6.42 Å². The summed E-state index contributed by atoms with van der Waals surface area (Å²) in [6.07, 6.45) is 57.8. The molecular weight excluding hydrogens is 1330 g/mol. The highest BCUT2D eigenvalue weighted by Crippen LogP contribution is 2.34. The van der Waals surface area contributed by atoms with Gasteiger partial charge < -0.3 is 89.9 Å². The van der Waals surface area contributed by atoms with Gasteiger partial charge in [-0.2, -0.15) is 0 Å². The van der Waals surface area contributed by atoms with E-state index < -0.39 is 124 Å². The van der Waals surface area contributed by atoms with Crippen LogP contribution in [0.5, 0.6) is 0 Å². The van der Waals surface area contributed by atoms with Crippen molar-refractivity contribution in [3.05, 3.63) is 48.6 Å². The van der Waals surface area contributed by atoms with E-state index in [1.807, 2.05) is 0 Å². The normalized spacial score (nSPS) is 26.0. The Morgan fingerprint density at radius 3 is 1.03 bits per heavy atom. The number of carbonyl (C=O) groups excluding carboxylic acids is 1. The molecule has 12 N–H and O–H groups in total. The van der Waals surface area contributed by atoms with E-state index in [0.717, 1.165) is 70.6 Å². The van der Waals surface area contributed by atoms with E-state index in [1.165, 1.54) is 257 Å². The SMILES string of the molecule is CC/C=C\C/C=C\C/C=C\C/C=C\CCCCCCCCCCCCCCCCCCC(=O)NC(COC1OC(CO)C(OC2OC(CO)C(OC3OC(CO)C(O)C(O)C3O)C(O)C2O)C(O)C1O)C(O)CCCCCCCCCCCCCCCCCCCCCCCCCCCCCCCCC. The van der Waals surface area contributed by atoms with Crippen LogP contribution in [0.1, 0.15) is 361 Å². The minimum absolute atomic E-state index is 0.238. The van der Waals surface area contributed by atoms with Crippen LogP contribution in [0.15, 0.2) is 48.6 Å². The van der Waals surface area contributed by atoms with Gasteiger partial charge in [0.25, 0.3) is 0 Å². The molecule has 0 aromatic heterocycles. The summed E-state index contributed by atoms with van der Waals surface area (Å²) >= 11 is 0. The first-order chi connectivity index (χ1) is 51.3. The van der Waals surface area contributed by atoms with Crippen molar-refractivity contribution in [3.63, 3.8) is 0 Å². The fourth-order valence-electron chi connectivity index (χ4n) is 14.8. The van der Waals surface area contributed by atoms with Crippen molar-refractivity contribution in [2.45, 2.75) is 465 Å². The van der Waals surface area contributed by atoms with Crippen LogP contribution >= 0.6 is 0 Å². The Hall–Kier alpha value is -2.25. The van der Waals surface area contributed by atoms with Gasteiger partial charge >= 0.3 is 0 Å². The van der Waals surface area contributed by atoms with Crippen LogP contribution in [0.4, 0.5) is 0 Å². The van der Waals surface area contributed by atoms with E-state index >= 15 is 0 Å². The van der Waals surface area contributed by atoms with Crippen molar-refractivity contribution in [1.82, 2.24) is 5.32 Å². The lowest BCUT2D eigenvalue weighted by atomic mass is 9.96. The summed E-state index contributed by atoms with van der Waals surface area (Å²) in [5.74, 6) is -0.238. The van der Waals surface area contributed by atoms with Crippen LogP contribution < -0.4 is 5.32 Å². The molecule has 0 spiro atoms. The highest BCUT2D eigenvalue weighted by Gasteiger charge is 2.54. The lowest BCUT2D eigenvalue weighted by molar-refractivity contribution is -0.379. The Labute approximate surface area is 637 Å². The van der Waals surface area contributed by atoms with Crippen LogP contribution in [-0.4, -0.2) is 193 Å². The topological polar surface area (TPSA) is 307 Å². The average Bonchev–Trinajstić information content (AvgIpc) is 0.781. The van der Waals surface area contributed by atoms with E-state index in [4.69, 9.17) is 28.4 Å². The molecule has 0 aromatic carbocycles. The maximum Gasteiger partial charge on any atom is 0.220 e. The first kappa shape index (κ1) is 96.9. The number of rotatable bonds is 70. The minimum atomic E-state index is -1.97. The molecule has 0 bridgehead atoms. The molecule has 3 rings (SSSR count). The largest absolute Gasteiger partial charge is 0.394 e. The summed E-state index contributed by atoms with van der Waals surface area (Å²) < 4.78 is 34.6. The number of amides is 1. The summed E-state index contributed by atoms with van der Waals surface area (Å²) in [6.45, 7) is 1.75. The number of carbonyl (C=O) groups is 1. The lowest BCUT2D eigenvalue weighted by Crippen LogP contribution is -2.66. The summed E-state index contributed by atoms with van der Waals surface area (Å²) in [5, 5.41) is 121. The van der Waals surface area contributed by atoms with Crippen molar-refractivity contribution < 1.29 is 89.4 Å². The zero-order valence-corrected chi connectivity index (χ0v) is 66.2. The third-order valence-electron chi connectivity index (χ3n) is 21.7. The van der Waals surface area contributed by atoms with Gasteiger partial charge in [-0.1, -0.05) is 351 Å². The molecule has 19 nitrogen and oxygen atoms in total. The summed E-state index contributed by atoms with van der Waals surface area (Å²) in [7, 11) is 0. The first-order valence-corrected chi connectivity index (χ1v) is 43.4. The van der Waals surface area contributed by atoms with Crippen molar-refractivity contribution in [2.24, 2.45) is 0 Å². The number of aliphatic hydroxyl groups is 11. The highest BCUT2D eigenvalue weighted by molar-refractivity contribution is 5.76. The van der Waals surface area contributed by atoms with E-state index in [9.17, 15) is 61.0 Å². The van der Waals surface area contributed by atoms with Crippen molar-refractivity contribution in [2.75, 3.05) is 26.4 Å². The standard InChI is InChI=1S/C86H159NO18/c1-3-5-7-9-11-13-15-17-19-21-23-25-27-29-31-33-34-36-37-39-41-43-45-47-49-51-53-55-57-59-61-63-70(91)69(87-74(92)64-62-60-58-56-54-52-50-48-46-44-42-40-38-35-32-30-28-26-24-22-20-18-16-14-12-10-8-6-4-2)68-100-84-80(98)77(95)82(72(66-89)102-84)105-86-81(99)78(96)83(73(67-90)103-86)104-85-79(97)76(94)75(93)71(65-88)101-85/h6,8,12,14,18,20,24,26,69-73,75-86,88-91,93-99H,3-5,7,9-11,13,15-17,19,21-23,25,27-68H2,1-2H3,(H,87,92)/b8-6-,14-12-,20-18-,26-24-. The number of hydrogen-bond donors (Lipinski definition) is 12. The van der Waals surface area contributed by atoms with Gasteiger partial charge in [-0.25, -0.2) is 0 Å². The quantitative estimate of drug-likeness (QED) is 0.0199. The van der Waals surface area contributed by atoms with Crippen molar-refractivity contribution in [3.8, 4) is 0 Å². The van der Waals surface area contributed by atoms with Gasteiger partial charge in [-0.3, -0.25) is 4.79 Å².